The number of imidazole rings is 1. The van der Waals surface area contributed by atoms with Gasteiger partial charge in [-0.3, -0.25) is 4.79 Å². The molecule has 1 aromatic rings. The van der Waals surface area contributed by atoms with Crippen molar-refractivity contribution in [3.05, 3.63) is 12.0 Å². The molecule has 23 heavy (non-hydrogen) atoms. The monoisotopic (exact) mass is 365 g/mol. The third-order valence-electron chi connectivity index (χ3n) is 3.80. The number of nitrogens with zero attached hydrogens (tertiary/aromatic N) is 3. The van der Waals surface area contributed by atoms with Crippen molar-refractivity contribution in [2.45, 2.75) is 37.3 Å². The zero-order chi connectivity index (χ0) is 16.3. The number of nitrogens with two attached hydrogens (primary N) is 1. The molecular weight excluding hydrogens is 342 g/mol. The van der Waals surface area contributed by atoms with Gasteiger partial charge in [0.1, 0.15) is 5.82 Å². The zero-order valence-corrected chi connectivity index (χ0v) is 15.0. The summed E-state index contributed by atoms with van der Waals surface area (Å²) in [5, 5.41) is -0.0278. The van der Waals surface area contributed by atoms with Crippen molar-refractivity contribution in [3.63, 3.8) is 0 Å². The summed E-state index contributed by atoms with van der Waals surface area (Å²) in [5.41, 5.74) is 5.84. The Bertz CT molecular complexity index is 627. The van der Waals surface area contributed by atoms with E-state index in [0.717, 1.165) is 12.8 Å². The molecule has 2 rings (SSSR count). The van der Waals surface area contributed by atoms with Gasteiger partial charge in [-0.1, -0.05) is 0 Å². The lowest BCUT2D eigenvalue weighted by atomic mass is 10.1. The Hall–Kier alpha value is -1.16. The number of rotatable bonds is 5. The van der Waals surface area contributed by atoms with Gasteiger partial charge >= 0.3 is 0 Å². The number of likely N-dealkylation sites (tertiary alicyclic amines) is 1. The van der Waals surface area contributed by atoms with Gasteiger partial charge in [0.2, 0.25) is 5.91 Å². The molecule has 2 heterocycles. The van der Waals surface area contributed by atoms with Crippen LogP contribution < -0.4 is 10.5 Å². The summed E-state index contributed by atoms with van der Waals surface area (Å²) in [6, 6.07) is 0.0193. The van der Waals surface area contributed by atoms with Crippen molar-refractivity contribution in [3.8, 4) is 0 Å². The molecule has 0 radical (unpaired) electrons. The number of aromatic nitrogens is 2. The number of hydrogen-bond donors (Lipinski definition) is 2. The first-order valence-electron chi connectivity index (χ1n) is 7.32. The van der Waals surface area contributed by atoms with Gasteiger partial charge in [-0.05, 0) is 19.8 Å². The Morgan fingerprint density at radius 3 is 2.78 bits per heavy atom. The maximum absolute atomic E-state index is 12.1. The summed E-state index contributed by atoms with van der Waals surface area (Å²) in [4.78, 5) is 17.7. The van der Waals surface area contributed by atoms with Crippen molar-refractivity contribution in [1.29, 1.82) is 0 Å². The molecule has 0 spiro atoms. The SMILES string of the molecule is Cc1nc(S(=O)(=O)NCCC(=O)N2CCCC(N)C2)cn1C.Cl. The smallest absolute Gasteiger partial charge is 0.259 e. The average molecular weight is 366 g/mol. The van der Waals surface area contributed by atoms with Crippen LogP contribution >= 0.6 is 12.4 Å². The highest BCUT2D eigenvalue weighted by molar-refractivity contribution is 7.89. The number of amides is 1. The first-order chi connectivity index (χ1) is 10.3. The average Bonchev–Trinajstić information content (AvgIpc) is 2.79. The van der Waals surface area contributed by atoms with Gasteiger partial charge in [-0.2, -0.15) is 0 Å². The lowest BCUT2D eigenvalue weighted by Gasteiger charge is -2.30. The van der Waals surface area contributed by atoms with Crippen LogP contribution in [0, 0.1) is 6.92 Å². The van der Waals surface area contributed by atoms with Crippen molar-refractivity contribution in [2.24, 2.45) is 12.8 Å². The van der Waals surface area contributed by atoms with E-state index >= 15 is 0 Å². The summed E-state index contributed by atoms with van der Waals surface area (Å²) < 4.78 is 28.2. The van der Waals surface area contributed by atoms with Crippen molar-refractivity contribution in [1.82, 2.24) is 19.2 Å². The van der Waals surface area contributed by atoms with Crippen LogP contribution in [-0.2, 0) is 21.9 Å². The van der Waals surface area contributed by atoms with E-state index in [0.29, 0.717) is 18.9 Å². The fourth-order valence-electron chi connectivity index (χ4n) is 2.42. The van der Waals surface area contributed by atoms with Crippen LogP contribution in [0.4, 0.5) is 0 Å². The van der Waals surface area contributed by atoms with Crippen LogP contribution in [-0.4, -0.2) is 54.5 Å². The fraction of sp³-hybridized carbons (Fsp3) is 0.692. The first kappa shape index (κ1) is 19.9. The molecule has 10 heteroatoms. The molecule has 1 amide bonds. The third kappa shape index (κ3) is 5.17. The number of nitrogens with one attached hydrogen (secondary N) is 1. The maximum atomic E-state index is 12.1. The van der Waals surface area contributed by atoms with Crippen molar-refractivity contribution in [2.75, 3.05) is 19.6 Å². The second-order valence-corrected chi connectivity index (χ2v) is 7.34. The number of hydrogen-bond acceptors (Lipinski definition) is 5. The number of halogens is 1. The highest BCUT2D eigenvalue weighted by Crippen LogP contribution is 2.10. The van der Waals surface area contributed by atoms with Gasteiger partial charge in [0.15, 0.2) is 5.03 Å². The zero-order valence-electron chi connectivity index (χ0n) is 13.4. The van der Waals surface area contributed by atoms with E-state index in [9.17, 15) is 13.2 Å². The van der Waals surface area contributed by atoms with E-state index in [4.69, 9.17) is 5.73 Å². The molecule has 3 N–H and O–H groups in total. The van der Waals surface area contributed by atoms with Crippen LogP contribution in [0.15, 0.2) is 11.2 Å². The first-order valence-corrected chi connectivity index (χ1v) is 8.81. The van der Waals surface area contributed by atoms with Gasteiger partial charge in [-0.25, -0.2) is 18.1 Å². The summed E-state index contributed by atoms with van der Waals surface area (Å²) >= 11 is 0. The molecule has 1 fully saturated rings. The molecule has 1 saturated heterocycles. The molecule has 0 bridgehead atoms. The second-order valence-electron chi connectivity index (χ2n) is 5.63. The van der Waals surface area contributed by atoms with Crippen LogP contribution in [0.2, 0.25) is 0 Å². The molecular formula is C13H24ClN5O3S. The maximum Gasteiger partial charge on any atom is 0.259 e. The van der Waals surface area contributed by atoms with Gasteiger partial charge in [0.25, 0.3) is 10.0 Å². The van der Waals surface area contributed by atoms with Gasteiger partial charge in [0.05, 0.1) is 0 Å². The molecule has 1 aliphatic rings. The molecule has 0 aliphatic carbocycles. The van der Waals surface area contributed by atoms with Gasteiger partial charge in [0, 0.05) is 45.3 Å². The topological polar surface area (TPSA) is 110 Å². The number of piperidine rings is 1. The predicted molar refractivity (Wildman–Crippen MR) is 88.8 cm³/mol. The lowest BCUT2D eigenvalue weighted by molar-refractivity contribution is -0.132. The predicted octanol–water partition coefficient (Wildman–Crippen LogP) is -0.232. The van der Waals surface area contributed by atoms with Crippen LogP contribution in [0.1, 0.15) is 25.1 Å². The number of aryl methyl sites for hydroxylation is 2. The largest absolute Gasteiger partial charge is 0.341 e. The van der Waals surface area contributed by atoms with Gasteiger partial charge in [-0.15, -0.1) is 12.4 Å². The fourth-order valence-corrected chi connectivity index (χ4v) is 3.48. The van der Waals surface area contributed by atoms with E-state index in [-0.39, 0.29) is 42.3 Å². The highest BCUT2D eigenvalue weighted by Gasteiger charge is 2.22. The van der Waals surface area contributed by atoms with Crippen molar-refractivity contribution >= 4 is 28.3 Å². The van der Waals surface area contributed by atoms with E-state index in [2.05, 4.69) is 9.71 Å². The highest BCUT2D eigenvalue weighted by atomic mass is 35.5. The summed E-state index contributed by atoms with van der Waals surface area (Å²) in [6.07, 6.45) is 3.39. The summed E-state index contributed by atoms with van der Waals surface area (Å²) in [6.45, 7) is 3.02. The minimum Gasteiger partial charge on any atom is -0.341 e. The summed E-state index contributed by atoms with van der Waals surface area (Å²) in [5.74, 6) is 0.536. The quantitative estimate of drug-likeness (QED) is 0.748. The van der Waals surface area contributed by atoms with Crippen LogP contribution in [0.3, 0.4) is 0 Å². The van der Waals surface area contributed by atoms with Gasteiger partial charge < -0.3 is 15.2 Å². The number of sulfonamides is 1. The Morgan fingerprint density at radius 2 is 2.22 bits per heavy atom. The Labute approximate surface area is 142 Å². The van der Waals surface area contributed by atoms with E-state index < -0.39 is 10.0 Å². The van der Waals surface area contributed by atoms with Crippen LogP contribution in [0.5, 0.6) is 0 Å². The molecule has 1 unspecified atom stereocenters. The van der Waals surface area contributed by atoms with E-state index in [1.807, 2.05) is 0 Å². The van der Waals surface area contributed by atoms with E-state index in [1.165, 1.54) is 6.20 Å². The Balaban J connectivity index is 0.00000264. The van der Waals surface area contributed by atoms with E-state index in [1.54, 1.807) is 23.4 Å². The van der Waals surface area contributed by atoms with Crippen molar-refractivity contribution < 1.29 is 13.2 Å². The Morgan fingerprint density at radius 1 is 1.52 bits per heavy atom. The molecule has 8 nitrogen and oxygen atoms in total. The normalized spacial score (nSPS) is 18.6. The third-order valence-corrected chi connectivity index (χ3v) is 5.13. The second kappa shape index (κ2) is 8.09. The standard InChI is InChI=1S/C13H23N5O3S.ClH/c1-10-16-12(9-17(10)2)22(20,21)15-6-5-13(19)18-7-3-4-11(14)8-18;/h9,11,15H,3-8,14H2,1-2H3;1H. The molecule has 0 aromatic carbocycles. The molecule has 1 atom stereocenters. The molecule has 132 valence electrons. The minimum atomic E-state index is -3.68. The lowest BCUT2D eigenvalue weighted by Crippen LogP contribution is -2.46. The number of carbonyl (C=O) groups excluding carboxylic acids is 1. The molecule has 1 aromatic heterocycles. The van der Waals surface area contributed by atoms with Crippen LogP contribution in [0.25, 0.3) is 0 Å². The minimum absolute atomic E-state index is 0. The summed E-state index contributed by atoms with van der Waals surface area (Å²) in [7, 11) is -1.95. The molecule has 1 aliphatic heterocycles. The molecule has 0 saturated carbocycles. The number of carbonyl (C=O) groups is 1. The Kier molecular flexibility index (Phi) is 7.00.